The summed E-state index contributed by atoms with van der Waals surface area (Å²) in [6.07, 6.45) is 1.75. The number of halogens is 1. The van der Waals surface area contributed by atoms with Crippen LogP contribution in [0.3, 0.4) is 0 Å². The predicted molar refractivity (Wildman–Crippen MR) is 78.7 cm³/mol. The molecule has 1 aromatic carbocycles. The number of benzene rings is 1. The number of rotatable bonds is 3. The van der Waals surface area contributed by atoms with Gasteiger partial charge in [-0.25, -0.2) is 0 Å². The molecule has 0 saturated carbocycles. The molecule has 0 N–H and O–H groups in total. The molecular weight excluding hydrogens is 278 g/mol. The Balaban J connectivity index is 0.00000147. The zero-order valence-electron chi connectivity index (χ0n) is 11.5. The van der Waals surface area contributed by atoms with Crippen molar-refractivity contribution < 1.29 is 13.9 Å². The van der Waals surface area contributed by atoms with Crippen molar-refractivity contribution in [1.29, 1.82) is 0 Å². The fourth-order valence-electron chi connectivity index (χ4n) is 2.38. The van der Waals surface area contributed by atoms with Crippen LogP contribution in [-0.4, -0.2) is 25.6 Å². The lowest BCUT2D eigenvalue weighted by atomic mass is 10.1. The Bertz CT molecular complexity index is 553. The fraction of sp³-hybridized carbons (Fsp3) is 0.333. The van der Waals surface area contributed by atoms with Crippen LogP contribution in [0, 0.1) is 0 Å². The highest BCUT2D eigenvalue weighted by atomic mass is 35.5. The Morgan fingerprint density at radius 2 is 1.85 bits per heavy atom. The summed E-state index contributed by atoms with van der Waals surface area (Å²) < 4.78 is 16.7. The van der Waals surface area contributed by atoms with Gasteiger partial charge in [0.2, 0.25) is 0 Å². The smallest absolute Gasteiger partial charge is 0.140 e. The molecule has 0 radical (unpaired) electrons. The van der Waals surface area contributed by atoms with Crippen molar-refractivity contribution in [1.82, 2.24) is 4.90 Å². The summed E-state index contributed by atoms with van der Waals surface area (Å²) in [6, 6.07) is 9.65. The lowest BCUT2D eigenvalue weighted by molar-refractivity contribution is 0.120. The molecule has 0 fully saturated rings. The van der Waals surface area contributed by atoms with Crippen LogP contribution < -0.4 is 9.47 Å². The number of likely N-dealkylation sites (N-methyl/N-ethyl adjacent to an activating group) is 1. The Morgan fingerprint density at radius 3 is 2.55 bits per heavy atom. The Kier molecular flexibility index (Phi) is 4.57. The van der Waals surface area contributed by atoms with E-state index in [0.717, 1.165) is 35.9 Å². The number of methoxy groups -OCH3 is 1. The van der Waals surface area contributed by atoms with E-state index < -0.39 is 0 Å². The maximum Gasteiger partial charge on any atom is 0.140 e. The van der Waals surface area contributed by atoms with E-state index in [2.05, 4.69) is 11.9 Å². The summed E-state index contributed by atoms with van der Waals surface area (Å²) in [5.74, 6) is 2.66. The summed E-state index contributed by atoms with van der Waals surface area (Å²) in [5.41, 5.74) is 1.15. The first-order chi connectivity index (χ1) is 9.26. The van der Waals surface area contributed by atoms with Crippen LogP contribution in [0.2, 0.25) is 0 Å². The lowest BCUT2D eigenvalue weighted by Gasteiger charge is -2.29. The van der Waals surface area contributed by atoms with Gasteiger partial charge in [-0.3, -0.25) is 4.90 Å². The van der Waals surface area contributed by atoms with Gasteiger partial charge in [-0.1, -0.05) is 0 Å². The first-order valence-corrected chi connectivity index (χ1v) is 6.32. The molecular formula is C15H18ClNO3. The van der Waals surface area contributed by atoms with Crippen LogP contribution >= 0.6 is 12.4 Å². The summed E-state index contributed by atoms with van der Waals surface area (Å²) >= 11 is 0. The maximum absolute atomic E-state index is 6.05. The monoisotopic (exact) mass is 295 g/mol. The zero-order chi connectivity index (χ0) is 13.2. The summed E-state index contributed by atoms with van der Waals surface area (Å²) in [7, 11) is 3.72. The second-order valence-electron chi connectivity index (χ2n) is 4.78. The molecule has 20 heavy (non-hydrogen) atoms. The quantitative estimate of drug-likeness (QED) is 0.870. The first kappa shape index (κ1) is 14.8. The first-order valence-electron chi connectivity index (χ1n) is 6.32. The highest BCUT2D eigenvalue weighted by molar-refractivity contribution is 5.85. The van der Waals surface area contributed by atoms with E-state index in [0.29, 0.717) is 0 Å². The normalized spacial score (nSPS) is 18.0. The third kappa shape index (κ3) is 2.92. The van der Waals surface area contributed by atoms with Crippen LogP contribution in [0.15, 0.2) is 41.0 Å². The summed E-state index contributed by atoms with van der Waals surface area (Å²) in [5, 5.41) is 0. The number of furan rings is 1. The van der Waals surface area contributed by atoms with Crippen molar-refractivity contribution in [3.8, 4) is 11.5 Å². The van der Waals surface area contributed by atoms with Gasteiger partial charge in [-0.2, -0.15) is 0 Å². The van der Waals surface area contributed by atoms with E-state index in [4.69, 9.17) is 13.9 Å². The molecule has 1 atom stereocenters. The largest absolute Gasteiger partial charge is 0.497 e. The molecule has 5 heteroatoms. The SMILES string of the molecule is COc1ccc(OC2CN(C)Cc3occc32)cc1.Cl. The van der Waals surface area contributed by atoms with E-state index >= 15 is 0 Å². The second-order valence-corrected chi connectivity index (χ2v) is 4.78. The van der Waals surface area contributed by atoms with E-state index in [-0.39, 0.29) is 18.5 Å². The van der Waals surface area contributed by atoms with Crippen LogP contribution in [0.4, 0.5) is 0 Å². The van der Waals surface area contributed by atoms with E-state index in [1.54, 1.807) is 13.4 Å². The molecule has 2 heterocycles. The number of ether oxygens (including phenoxy) is 2. The molecule has 0 saturated heterocycles. The Labute approximate surface area is 124 Å². The van der Waals surface area contributed by atoms with E-state index in [1.165, 1.54) is 0 Å². The van der Waals surface area contributed by atoms with Crippen LogP contribution in [-0.2, 0) is 6.54 Å². The van der Waals surface area contributed by atoms with E-state index in [9.17, 15) is 0 Å². The second kappa shape index (κ2) is 6.20. The van der Waals surface area contributed by atoms with Crippen molar-refractivity contribution in [2.75, 3.05) is 20.7 Å². The molecule has 1 unspecified atom stereocenters. The standard InChI is InChI=1S/C15H17NO3.ClH/c1-16-9-14-13(7-8-18-14)15(10-16)19-12-5-3-11(17-2)4-6-12;/h3-8,15H,9-10H2,1-2H3;1H. The van der Waals surface area contributed by atoms with Crippen molar-refractivity contribution in [2.45, 2.75) is 12.6 Å². The molecule has 3 rings (SSSR count). The third-order valence-corrected chi connectivity index (χ3v) is 3.36. The summed E-state index contributed by atoms with van der Waals surface area (Å²) in [4.78, 5) is 2.19. The minimum Gasteiger partial charge on any atom is -0.497 e. The highest BCUT2D eigenvalue weighted by Gasteiger charge is 2.27. The molecule has 1 aliphatic heterocycles. The molecule has 0 spiro atoms. The van der Waals surface area contributed by atoms with Gasteiger partial charge in [-0.05, 0) is 37.4 Å². The van der Waals surface area contributed by atoms with Gasteiger partial charge in [0.1, 0.15) is 23.4 Å². The Hall–Kier alpha value is -1.65. The minimum atomic E-state index is 0. The van der Waals surface area contributed by atoms with Gasteiger partial charge in [0.15, 0.2) is 0 Å². The molecule has 1 aromatic heterocycles. The molecule has 1 aliphatic rings. The van der Waals surface area contributed by atoms with Crippen LogP contribution in [0.25, 0.3) is 0 Å². The maximum atomic E-state index is 6.05. The number of hydrogen-bond acceptors (Lipinski definition) is 4. The number of fused-ring (bicyclic) bond motifs is 1. The van der Waals surface area contributed by atoms with Crippen molar-refractivity contribution in [3.05, 3.63) is 47.9 Å². The fourth-order valence-corrected chi connectivity index (χ4v) is 2.38. The van der Waals surface area contributed by atoms with Gasteiger partial charge < -0.3 is 13.9 Å². The van der Waals surface area contributed by atoms with Gasteiger partial charge in [-0.15, -0.1) is 12.4 Å². The molecule has 4 nitrogen and oxygen atoms in total. The number of nitrogens with zero attached hydrogens (tertiary/aromatic N) is 1. The van der Waals surface area contributed by atoms with Crippen LogP contribution in [0.5, 0.6) is 11.5 Å². The molecule has 0 amide bonds. The van der Waals surface area contributed by atoms with Crippen molar-refractivity contribution in [2.24, 2.45) is 0 Å². The van der Waals surface area contributed by atoms with Crippen molar-refractivity contribution in [3.63, 3.8) is 0 Å². The van der Waals surface area contributed by atoms with Gasteiger partial charge in [0.05, 0.1) is 19.9 Å². The predicted octanol–water partition coefficient (Wildman–Crippen LogP) is 3.28. The number of hydrogen-bond donors (Lipinski definition) is 0. The highest BCUT2D eigenvalue weighted by Crippen LogP contribution is 2.31. The zero-order valence-corrected chi connectivity index (χ0v) is 12.4. The van der Waals surface area contributed by atoms with Gasteiger partial charge in [0, 0.05) is 12.1 Å². The third-order valence-electron chi connectivity index (χ3n) is 3.36. The van der Waals surface area contributed by atoms with Crippen LogP contribution in [0.1, 0.15) is 17.4 Å². The lowest BCUT2D eigenvalue weighted by Crippen LogP contribution is -2.32. The summed E-state index contributed by atoms with van der Waals surface area (Å²) in [6.45, 7) is 1.70. The van der Waals surface area contributed by atoms with Gasteiger partial charge in [0.25, 0.3) is 0 Å². The van der Waals surface area contributed by atoms with Crippen molar-refractivity contribution >= 4 is 12.4 Å². The molecule has 0 bridgehead atoms. The average Bonchev–Trinajstić information content (AvgIpc) is 2.88. The average molecular weight is 296 g/mol. The molecule has 0 aliphatic carbocycles. The topological polar surface area (TPSA) is 34.8 Å². The minimum absolute atomic E-state index is 0. The van der Waals surface area contributed by atoms with Gasteiger partial charge >= 0.3 is 0 Å². The molecule has 108 valence electrons. The Morgan fingerprint density at radius 1 is 1.15 bits per heavy atom. The van der Waals surface area contributed by atoms with E-state index in [1.807, 2.05) is 30.3 Å². The molecule has 2 aromatic rings.